The van der Waals surface area contributed by atoms with E-state index in [-0.39, 0.29) is 5.91 Å². The molecule has 19 heavy (non-hydrogen) atoms. The molecule has 1 aromatic carbocycles. The molecule has 1 aromatic rings. The molecule has 104 valence electrons. The summed E-state index contributed by atoms with van der Waals surface area (Å²) in [5, 5.41) is 0. The smallest absolute Gasteiger partial charge is 0.261 e. The Bertz CT molecular complexity index is 413. The van der Waals surface area contributed by atoms with Crippen LogP contribution in [0.3, 0.4) is 0 Å². The first kappa shape index (κ1) is 14.2. The second-order valence-corrected chi connectivity index (χ2v) is 5.77. The monoisotopic (exact) mass is 279 g/mol. The van der Waals surface area contributed by atoms with E-state index >= 15 is 0 Å². The van der Waals surface area contributed by atoms with E-state index in [4.69, 9.17) is 0 Å². The largest absolute Gasteiger partial charge is 0.369 e. The van der Waals surface area contributed by atoms with Gasteiger partial charge in [0.2, 0.25) is 0 Å². The van der Waals surface area contributed by atoms with Crippen LogP contribution in [0.15, 0.2) is 24.3 Å². The number of hydrogen-bond donors (Lipinski definition) is 1. The quantitative estimate of drug-likeness (QED) is 0.853. The van der Waals surface area contributed by atoms with Gasteiger partial charge in [0.15, 0.2) is 0 Å². The van der Waals surface area contributed by atoms with Gasteiger partial charge in [-0.25, -0.2) is 0 Å². The number of benzene rings is 1. The van der Waals surface area contributed by atoms with Crippen molar-refractivity contribution in [3.05, 3.63) is 29.8 Å². The Balaban J connectivity index is 1.96. The van der Waals surface area contributed by atoms with Gasteiger partial charge in [-0.1, -0.05) is 18.9 Å². The van der Waals surface area contributed by atoms with Crippen molar-refractivity contribution in [3.63, 3.8) is 0 Å². The Hall–Kier alpha value is -1.20. The van der Waals surface area contributed by atoms with Crippen molar-refractivity contribution in [2.75, 3.05) is 43.9 Å². The lowest BCUT2D eigenvalue weighted by atomic mass is 10.1. The Labute approximate surface area is 119 Å². The summed E-state index contributed by atoms with van der Waals surface area (Å²) in [6.45, 7) is 6.30. The predicted molar refractivity (Wildman–Crippen MR) is 81.8 cm³/mol. The van der Waals surface area contributed by atoms with Crippen molar-refractivity contribution in [2.24, 2.45) is 0 Å². The van der Waals surface area contributed by atoms with Crippen LogP contribution in [0.5, 0.6) is 0 Å². The fourth-order valence-corrected chi connectivity index (χ4v) is 2.48. The minimum atomic E-state index is -0.0169. The van der Waals surface area contributed by atoms with E-state index in [1.165, 1.54) is 17.6 Å². The summed E-state index contributed by atoms with van der Waals surface area (Å²) in [4.78, 5) is 16.5. The molecule has 0 aromatic heterocycles. The maximum atomic E-state index is 11.8. The van der Waals surface area contributed by atoms with Crippen LogP contribution in [-0.4, -0.2) is 49.8 Å². The van der Waals surface area contributed by atoms with Crippen molar-refractivity contribution in [1.82, 2.24) is 9.62 Å². The van der Waals surface area contributed by atoms with Gasteiger partial charge in [0.25, 0.3) is 5.91 Å². The minimum absolute atomic E-state index is 0.0169. The number of carbonyl (C=O) groups is 1. The van der Waals surface area contributed by atoms with Crippen molar-refractivity contribution < 1.29 is 4.79 Å². The van der Waals surface area contributed by atoms with Gasteiger partial charge in [-0.15, -0.1) is 0 Å². The van der Waals surface area contributed by atoms with E-state index in [1.54, 1.807) is 0 Å². The summed E-state index contributed by atoms with van der Waals surface area (Å²) in [5.74, 6) is 0.863. The summed E-state index contributed by atoms with van der Waals surface area (Å²) in [5.41, 5.74) is 1.92. The lowest BCUT2D eigenvalue weighted by Crippen LogP contribution is -2.44. The molecule has 1 saturated heterocycles. The highest BCUT2D eigenvalue weighted by Gasteiger charge is 2.14. The van der Waals surface area contributed by atoms with Gasteiger partial charge in [0.05, 0.1) is 0 Å². The summed E-state index contributed by atoms with van der Waals surface area (Å²) < 4.78 is 2.81. The molecule has 0 bridgehead atoms. The summed E-state index contributed by atoms with van der Waals surface area (Å²) in [6, 6.07) is 7.88. The van der Waals surface area contributed by atoms with Gasteiger partial charge < -0.3 is 9.80 Å². The molecule has 5 heteroatoms. The molecule has 0 spiro atoms. The number of anilines is 1. The van der Waals surface area contributed by atoms with Gasteiger partial charge >= 0.3 is 0 Å². The number of amides is 1. The summed E-state index contributed by atoms with van der Waals surface area (Å²) >= 11 is 1.43. The van der Waals surface area contributed by atoms with Crippen molar-refractivity contribution in [3.8, 4) is 0 Å². The third kappa shape index (κ3) is 3.88. The highest BCUT2D eigenvalue weighted by atomic mass is 32.2. The van der Waals surface area contributed by atoms with Gasteiger partial charge in [-0.2, -0.15) is 0 Å². The molecular formula is C14H21N3OS. The number of hydrogen-bond acceptors (Lipinski definition) is 4. The molecule has 0 unspecified atom stereocenters. The minimum Gasteiger partial charge on any atom is -0.369 e. The summed E-state index contributed by atoms with van der Waals surface area (Å²) in [7, 11) is 2.15. The average Bonchev–Trinajstić information content (AvgIpc) is 2.46. The van der Waals surface area contributed by atoms with Gasteiger partial charge in [-0.3, -0.25) is 9.52 Å². The zero-order valence-electron chi connectivity index (χ0n) is 11.6. The fourth-order valence-electron chi connectivity index (χ4n) is 2.08. The molecular weight excluding hydrogens is 258 g/mol. The molecule has 2 rings (SSSR count). The van der Waals surface area contributed by atoms with Crippen LogP contribution in [0.2, 0.25) is 0 Å². The van der Waals surface area contributed by atoms with Crippen molar-refractivity contribution in [2.45, 2.75) is 6.92 Å². The predicted octanol–water partition coefficient (Wildman–Crippen LogP) is 1.84. The summed E-state index contributed by atoms with van der Waals surface area (Å²) in [6.07, 6.45) is 0. The molecule has 1 heterocycles. The van der Waals surface area contributed by atoms with Crippen LogP contribution in [0.1, 0.15) is 17.3 Å². The maximum Gasteiger partial charge on any atom is 0.261 e. The molecule has 0 aliphatic carbocycles. The Morgan fingerprint density at radius 2 is 1.84 bits per heavy atom. The molecule has 1 N–H and O–H groups in total. The molecule has 1 aliphatic rings. The van der Waals surface area contributed by atoms with E-state index < -0.39 is 0 Å². The third-order valence-electron chi connectivity index (χ3n) is 3.31. The van der Waals surface area contributed by atoms with Crippen LogP contribution in [0, 0.1) is 0 Å². The second kappa shape index (κ2) is 6.82. The first-order chi connectivity index (χ1) is 9.20. The molecule has 0 radical (unpaired) electrons. The number of nitrogens with zero attached hydrogens (tertiary/aromatic N) is 2. The third-order valence-corrected chi connectivity index (χ3v) is 3.93. The Morgan fingerprint density at radius 3 is 2.42 bits per heavy atom. The fraction of sp³-hybridized carbons (Fsp3) is 0.500. The molecule has 0 atom stereocenters. The SMILES string of the molecule is CCSNC(=O)c1ccc(N2CCN(C)CC2)cc1. The van der Waals surface area contributed by atoms with Crippen LogP contribution < -0.4 is 9.62 Å². The van der Waals surface area contributed by atoms with Gasteiger partial charge in [-0.05, 0) is 31.3 Å². The molecule has 1 fully saturated rings. The zero-order chi connectivity index (χ0) is 13.7. The lowest BCUT2D eigenvalue weighted by Gasteiger charge is -2.34. The van der Waals surface area contributed by atoms with Crippen molar-refractivity contribution in [1.29, 1.82) is 0 Å². The maximum absolute atomic E-state index is 11.8. The number of rotatable bonds is 4. The molecule has 4 nitrogen and oxygen atoms in total. The number of likely N-dealkylation sites (N-methyl/N-ethyl adjacent to an activating group) is 1. The molecule has 1 aliphatic heterocycles. The highest BCUT2D eigenvalue weighted by Crippen LogP contribution is 2.17. The Morgan fingerprint density at radius 1 is 1.21 bits per heavy atom. The Kier molecular flexibility index (Phi) is 5.10. The van der Waals surface area contributed by atoms with Crippen LogP contribution in [-0.2, 0) is 0 Å². The van der Waals surface area contributed by atoms with E-state index in [1.807, 2.05) is 31.2 Å². The highest BCUT2D eigenvalue weighted by molar-refractivity contribution is 7.97. The number of nitrogens with one attached hydrogen (secondary N) is 1. The standard InChI is InChI=1S/C14H21N3OS/c1-3-19-15-14(18)12-4-6-13(7-5-12)17-10-8-16(2)9-11-17/h4-7H,3,8-11H2,1-2H3,(H,15,18). The van der Waals surface area contributed by atoms with Crippen LogP contribution in [0.25, 0.3) is 0 Å². The zero-order valence-corrected chi connectivity index (χ0v) is 12.4. The van der Waals surface area contributed by atoms with E-state index in [0.29, 0.717) is 0 Å². The first-order valence-electron chi connectivity index (χ1n) is 6.66. The average molecular weight is 279 g/mol. The topological polar surface area (TPSA) is 35.6 Å². The molecule has 1 amide bonds. The van der Waals surface area contributed by atoms with E-state index in [9.17, 15) is 4.79 Å². The van der Waals surface area contributed by atoms with Crippen LogP contribution in [0.4, 0.5) is 5.69 Å². The van der Waals surface area contributed by atoms with E-state index in [2.05, 4.69) is 21.6 Å². The van der Waals surface area contributed by atoms with Gasteiger partial charge in [0.1, 0.15) is 0 Å². The second-order valence-electron chi connectivity index (χ2n) is 4.70. The lowest BCUT2D eigenvalue weighted by molar-refractivity contribution is 0.0984. The van der Waals surface area contributed by atoms with Gasteiger partial charge in [0, 0.05) is 43.2 Å². The number of carbonyl (C=O) groups excluding carboxylic acids is 1. The first-order valence-corrected chi connectivity index (χ1v) is 7.65. The van der Waals surface area contributed by atoms with Crippen molar-refractivity contribution >= 4 is 23.5 Å². The number of piperazine rings is 1. The molecule has 0 saturated carbocycles. The van der Waals surface area contributed by atoms with E-state index in [0.717, 1.165) is 37.5 Å². The van der Waals surface area contributed by atoms with Crippen LogP contribution >= 0.6 is 11.9 Å². The normalized spacial score (nSPS) is 16.4.